The zero-order valence-corrected chi connectivity index (χ0v) is 8.62. The molecule has 1 rings (SSSR count). The third kappa shape index (κ3) is 2.41. The summed E-state index contributed by atoms with van der Waals surface area (Å²) in [7, 11) is -3.58. The quantitative estimate of drug-likeness (QED) is 0.757. The van der Waals surface area contributed by atoms with Gasteiger partial charge in [0.15, 0.2) is 0 Å². The maximum absolute atomic E-state index is 11.6. The van der Waals surface area contributed by atoms with Gasteiger partial charge in [0.1, 0.15) is 0 Å². The van der Waals surface area contributed by atoms with Crippen molar-refractivity contribution in [3.8, 4) is 0 Å². The fourth-order valence-corrected chi connectivity index (χ4v) is 2.41. The van der Waals surface area contributed by atoms with Crippen molar-refractivity contribution in [1.29, 1.82) is 0 Å². The van der Waals surface area contributed by atoms with Crippen LogP contribution in [0, 0.1) is 6.92 Å². The van der Waals surface area contributed by atoms with Crippen LogP contribution < -0.4 is 5.30 Å². The molecule has 0 amide bonds. The fourth-order valence-electron chi connectivity index (χ4n) is 1.13. The molecule has 13 heavy (non-hydrogen) atoms. The Balaban J connectivity index is 3.07. The Morgan fingerprint density at radius 1 is 1.46 bits per heavy atom. The summed E-state index contributed by atoms with van der Waals surface area (Å²) in [6.07, 6.45) is 0. The summed E-state index contributed by atoms with van der Waals surface area (Å²) >= 11 is 0. The molecule has 0 bridgehead atoms. The number of hydrogen-bond acceptors (Lipinski definition) is 2. The van der Waals surface area contributed by atoms with E-state index < -0.39 is 7.60 Å². The summed E-state index contributed by atoms with van der Waals surface area (Å²) in [4.78, 5) is 9.50. The monoisotopic (exact) mass is 200 g/mol. The Bertz CT molecular complexity index is 335. The van der Waals surface area contributed by atoms with E-state index >= 15 is 0 Å². The predicted molar refractivity (Wildman–Crippen MR) is 52.3 cm³/mol. The standard InChI is InChI=1S/C9H13O3P/c1-3-12-13(10,11)9-7-5-4-6-8(9)2/h4-7H,3H2,1-2H3,(H,10,11). The first kappa shape index (κ1) is 10.5. The normalized spacial score (nSPS) is 15.3. The third-order valence-electron chi connectivity index (χ3n) is 1.72. The van der Waals surface area contributed by atoms with Gasteiger partial charge in [0.05, 0.1) is 11.9 Å². The molecule has 0 radical (unpaired) electrons. The summed E-state index contributed by atoms with van der Waals surface area (Å²) in [5.41, 5.74) is 0.779. The second kappa shape index (κ2) is 4.05. The van der Waals surface area contributed by atoms with Gasteiger partial charge in [-0.3, -0.25) is 4.57 Å². The average molecular weight is 200 g/mol. The van der Waals surface area contributed by atoms with Gasteiger partial charge in [-0.25, -0.2) is 0 Å². The fraction of sp³-hybridized carbons (Fsp3) is 0.333. The molecule has 1 N–H and O–H groups in total. The Labute approximate surface area is 77.9 Å². The van der Waals surface area contributed by atoms with Crippen molar-refractivity contribution in [2.75, 3.05) is 6.61 Å². The van der Waals surface area contributed by atoms with Crippen molar-refractivity contribution in [1.82, 2.24) is 0 Å². The lowest BCUT2D eigenvalue weighted by Crippen LogP contribution is -2.10. The lowest BCUT2D eigenvalue weighted by atomic mass is 10.2. The van der Waals surface area contributed by atoms with E-state index in [1.807, 2.05) is 6.07 Å². The second-order valence-electron chi connectivity index (χ2n) is 2.72. The Morgan fingerprint density at radius 3 is 2.62 bits per heavy atom. The molecular weight excluding hydrogens is 187 g/mol. The lowest BCUT2D eigenvalue weighted by molar-refractivity contribution is 0.284. The van der Waals surface area contributed by atoms with Gasteiger partial charge in [0.2, 0.25) is 0 Å². The molecule has 0 spiro atoms. The number of benzene rings is 1. The minimum absolute atomic E-state index is 0.238. The highest BCUT2D eigenvalue weighted by atomic mass is 31.2. The molecule has 0 aliphatic carbocycles. The van der Waals surface area contributed by atoms with E-state index in [4.69, 9.17) is 4.52 Å². The van der Waals surface area contributed by atoms with Crippen molar-refractivity contribution < 1.29 is 14.0 Å². The van der Waals surface area contributed by atoms with Crippen LogP contribution >= 0.6 is 7.60 Å². The summed E-state index contributed by atoms with van der Waals surface area (Å²) < 4.78 is 16.4. The van der Waals surface area contributed by atoms with Crippen LogP contribution in [0.4, 0.5) is 0 Å². The number of hydrogen-bond donors (Lipinski definition) is 1. The first-order chi connectivity index (χ1) is 6.08. The van der Waals surface area contributed by atoms with Crippen LogP contribution in [0.15, 0.2) is 24.3 Å². The lowest BCUT2D eigenvalue weighted by Gasteiger charge is -2.12. The Morgan fingerprint density at radius 2 is 2.08 bits per heavy atom. The molecule has 0 saturated heterocycles. The Kier molecular flexibility index (Phi) is 3.26. The molecule has 0 aromatic heterocycles. The van der Waals surface area contributed by atoms with Gasteiger partial charge in [0, 0.05) is 0 Å². The maximum atomic E-state index is 11.6. The molecule has 3 nitrogen and oxygen atoms in total. The maximum Gasteiger partial charge on any atom is 0.359 e. The van der Waals surface area contributed by atoms with E-state index in [0.29, 0.717) is 5.30 Å². The zero-order chi connectivity index (χ0) is 9.90. The van der Waals surface area contributed by atoms with Gasteiger partial charge in [-0.1, -0.05) is 18.2 Å². The van der Waals surface area contributed by atoms with Crippen LogP contribution in [0.2, 0.25) is 0 Å². The SMILES string of the molecule is CCOP(=O)(O)c1ccccc1C. The number of rotatable bonds is 3. The summed E-state index contributed by atoms with van der Waals surface area (Å²) in [6.45, 7) is 3.72. The minimum Gasteiger partial charge on any atom is -0.321 e. The molecule has 4 heteroatoms. The molecule has 1 aromatic carbocycles. The van der Waals surface area contributed by atoms with Crippen LogP contribution in [0.3, 0.4) is 0 Å². The highest BCUT2D eigenvalue weighted by molar-refractivity contribution is 7.61. The minimum atomic E-state index is -3.58. The van der Waals surface area contributed by atoms with Crippen LogP contribution in [-0.2, 0) is 9.09 Å². The van der Waals surface area contributed by atoms with Gasteiger partial charge in [-0.2, -0.15) is 0 Å². The van der Waals surface area contributed by atoms with Crippen LogP contribution in [0.1, 0.15) is 12.5 Å². The Hall–Kier alpha value is -0.630. The molecular formula is C9H13O3P. The third-order valence-corrected chi connectivity index (χ3v) is 3.44. The van der Waals surface area contributed by atoms with Crippen molar-refractivity contribution in [3.05, 3.63) is 29.8 Å². The molecule has 0 fully saturated rings. The van der Waals surface area contributed by atoms with Gasteiger partial charge in [0.25, 0.3) is 0 Å². The number of aryl methyl sites for hydroxylation is 1. The summed E-state index contributed by atoms with van der Waals surface area (Å²) in [5, 5.41) is 0.386. The highest BCUT2D eigenvalue weighted by Crippen LogP contribution is 2.41. The molecule has 1 aromatic rings. The first-order valence-electron chi connectivity index (χ1n) is 4.11. The van der Waals surface area contributed by atoms with Crippen molar-refractivity contribution in [2.45, 2.75) is 13.8 Å². The largest absolute Gasteiger partial charge is 0.359 e. The topological polar surface area (TPSA) is 46.5 Å². The van der Waals surface area contributed by atoms with E-state index in [1.165, 1.54) is 0 Å². The molecule has 0 heterocycles. The van der Waals surface area contributed by atoms with E-state index in [0.717, 1.165) is 5.56 Å². The summed E-state index contributed by atoms with van der Waals surface area (Å²) in [5.74, 6) is 0. The average Bonchev–Trinajstić information content (AvgIpc) is 2.04. The molecule has 1 unspecified atom stereocenters. The van der Waals surface area contributed by atoms with E-state index in [9.17, 15) is 9.46 Å². The van der Waals surface area contributed by atoms with Gasteiger partial charge in [-0.05, 0) is 25.5 Å². The molecule has 1 atom stereocenters. The van der Waals surface area contributed by atoms with E-state index in [1.54, 1.807) is 32.0 Å². The van der Waals surface area contributed by atoms with Crippen molar-refractivity contribution in [3.63, 3.8) is 0 Å². The van der Waals surface area contributed by atoms with Gasteiger partial charge in [-0.15, -0.1) is 0 Å². The molecule has 72 valence electrons. The molecule has 0 aliphatic rings. The van der Waals surface area contributed by atoms with Crippen molar-refractivity contribution >= 4 is 12.9 Å². The second-order valence-corrected chi connectivity index (χ2v) is 4.51. The molecule has 0 aliphatic heterocycles. The zero-order valence-electron chi connectivity index (χ0n) is 7.73. The van der Waals surface area contributed by atoms with Crippen molar-refractivity contribution in [2.24, 2.45) is 0 Å². The molecule has 0 saturated carbocycles. The highest BCUT2D eigenvalue weighted by Gasteiger charge is 2.23. The van der Waals surface area contributed by atoms with Crippen LogP contribution in [0.25, 0.3) is 0 Å². The van der Waals surface area contributed by atoms with Gasteiger partial charge >= 0.3 is 7.60 Å². The van der Waals surface area contributed by atoms with E-state index in [2.05, 4.69) is 0 Å². The smallest absolute Gasteiger partial charge is 0.321 e. The summed E-state index contributed by atoms with van der Waals surface area (Å²) in [6, 6.07) is 6.96. The van der Waals surface area contributed by atoms with E-state index in [-0.39, 0.29) is 6.61 Å². The first-order valence-corrected chi connectivity index (χ1v) is 5.69. The van der Waals surface area contributed by atoms with Gasteiger partial charge < -0.3 is 9.42 Å². The van der Waals surface area contributed by atoms with Crippen LogP contribution in [-0.4, -0.2) is 11.5 Å². The predicted octanol–water partition coefficient (Wildman–Crippen LogP) is 1.84. The van der Waals surface area contributed by atoms with Crippen LogP contribution in [0.5, 0.6) is 0 Å².